The van der Waals surface area contributed by atoms with Crippen molar-refractivity contribution in [3.63, 3.8) is 0 Å². The summed E-state index contributed by atoms with van der Waals surface area (Å²) >= 11 is 0. The fourth-order valence-corrected chi connectivity index (χ4v) is 3.09. The molecule has 6 nitrogen and oxygen atoms in total. The molecule has 0 saturated heterocycles. The van der Waals surface area contributed by atoms with E-state index in [0.717, 1.165) is 16.5 Å². The van der Waals surface area contributed by atoms with Crippen LogP contribution in [0.5, 0.6) is 0 Å². The van der Waals surface area contributed by atoms with E-state index in [-0.39, 0.29) is 5.92 Å². The topological polar surface area (TPSA) is 108 Å². The van der Waals surface area contributed by atoms with Crippen molar-refractivity contribution >= 4 is 22.8 Å². The Kier molecular flexibility index (Phi) is 3.85. The number of H-pyrrole nitrogens is 1. The molecule has 2 aromatic rings. The molecule has 2 atom stereocenters. The molecule has 1 amide bonds. The van der Waals surface area contributed by atoms with E-state index >= 15 is 0 Å². The maximum atomic E-state index is 12.4. The predicted molar refractivity (Wildman–Crippen MR) is 87.0 cm³/mol. The number of hydrogen-bond donors (Lipinski definition) is 4. The Morgan fingerprint density at radius 3 is 2.70 bits per heavy atom. The number of aromatic nitrogens is 1. The summed E-state index contributed by atoms with van der Waals surface area (Å²) in [5, 5.41) is 12.9. The lowest BCUT2D eigenvalue weighted by atomic mass is 9.88. The zero-order valence-corrected chi connectivity index (χ0v) is 13.0. The molecule has 1 aromatic heterocycles. The van der Waals surface area contributed by atoms with E-state index in [9.17, 15) is 14.7 Å². The number of hydrogen-bond acceptors (Lipinski definition) is 3. The van der Waals surface area contributed by atoms with Crippen molar-refractivity contribution in [1.29, 1.82) is 0 Å². The summed E-state index contributed by atoms with van der Waals surface area (Å²) in [5.74, 6) is -1.56. The van der Waals surface area contributed by atoms with Gasteiger partial charge in [-0.2, -0.15) is 0 Å². The second-order valence-electron chi connectivity index (χ2n) is 6.21. The molecular formula is C17H21N3O3. The van der Waals surface area contributed by atoms with Gasteiger partial charge in [0.25, 0.3) is 0 Å². The van der Waals surface area contributed by atoms with E-state index in [2.05, 4.69) is 10.3 Å². The molecule has 2 unspecified atom stereocenters. The van der Waals surface area contributed by atoms with Crippen molar-refractivity contribution in [2.24, 2.45) is 5.73 Å². The summed E-state index contributed by atoms with van der Waals surface area (Å²) in [6.45, 7) is 1.98. The van der Waals surface area contributed by atoms with Crippen LogP contribution in [0.1, 0.15) is 37.7 Å². The first kappa shape index (κ1) is 15.6. The molecule has 6 heteroatoms. The Bertz CT molecular complexity index is 748. The molecule has 0 bridgehead atoms. The first-order valence-corrected chi connectivity index (χ1v) is 7.85. The summed E-state index contributed by atoms with van der Waals surface area (Å²) in [4.78, 5) is 26.8. The van der Waals surface area contributed by atoms with Gasteiger partial charge < -0.3 is 21.1 Å². The van der Waals surface area contributed by atoms with Crippen LogP contribution in [0.2, 0.25) is 0 Å². The summed E-state index contributed by atoms with van der Waals surface area (Å²) in [7, 11) is 0. The lowest BCUT2D eigenvalue weighted by Crippen LogP contribution is -2.51. The highest BCUT2D eigenvalue weighted by molar-refractivity contribution is 5.93. The normalized spacial score (nSPS) is 18.3. The number of para-hydroxylation sites is 1. The van der Waals surface area contributed by atoms with Gasteiger partial charge in [0.1, 0.15) is 5.54 Å². The second-order valence-corrected chi connectivity index (χ2v) is 6.21. The van der Waals surface area contributed by atoms with E-state index < -0.39 is 23.5 Å². The smallest absolute Gasteiger partial charge is 0.329 e. The Hall–Kier alpha value is -2.34. The van der Waals surface area contributed by atoms with Crippen LogP contribution in [0.4, 0.5) is 0 Å². The molecule has 0 radical (unpaired) electrons. The largest absolute Gasteiger partial charge is 0.480 e. The number of aromatic amines is 1. The number of amides is 1. The van der Waals surface area contributed by atoms with Gasteiger partial charge in [-0.25, -0.2) is 4.79 Å². The highest BCUT2D eigenvalue weighted by atomic mass is 16.4. The molecule has 1 heterocycles. The minimum Gasteiger partial charge on any atom is -0.480 e. The molecule has 0 spiro atoms. The Morgan fingerprint density at radius 1 is 1.39 bits per heavy atom. The molecule has 1 aliphatic rings. The first-order valence-electron chi connectivity index (χ1n) is 7.85. The molecule has 1 aliphatic carbocycles. The Morgan fingerprint density at radius 2 is 2.09 bits per heavy atom. The van der Waals surface area contributed by atoms with Crippen LogP contribution in [0.15, 0.2) is 30.5 Å². The van der Waals surface area contributed by atoms with Crippen molar-refractivity contribution < 1.29 is 14.7 Å². The average molecular weight is 315 g/mol. The van der Waals surface area contributed by atoms with Gasteiger partial charge in [0.15, 0.2) is 0 Å². The van der Waals surface area contributed by atoms with Gasteiger partial charge in [-0.1, -0.05) is 25.1 Å². The SMILES string of the molecule is CCC(c1c[nH]c2ccccc12)C(N)C(=O)NC1(C(=O)O)CC1. The number of carboxylic acid groups (broad SMARTS) is 1. The lowest BCUT2D eigenvalue weighted by molar-refractivity contribution is -0.143. The molecule has 1 saturated carbocycles. The Balaban J connectivity index is 1.83. The average Bonchev–Trinajstić information content (AvgIpc) is 3.21. The summed E-state index contributed by atoms with van der Waals surface area (Å²) in [6.07, 6.45) is 3.50. The monoisotopic (exact) mass is 315 g/mol. The highest BCUT2D eigenvalue weighted by Gasteiger charge is 2.52. The number of nitrogens with one attached hydrogen (secondary N) is 2. The van der Waals surface area contributed by atoms with Gasteiger partial charge in [0.05, 0.1) is 6.04 Å². The van der Waals surface area contributed by atoms with Gasteiger partial charge in [-0.15, -0.1) is 0 Å². The van der Waals surface area contributed by atoms with Crippen LogP contribution < -0.4 is 11.1 Å². The van der Waals surface area contributed by atoms with Gasteiger partial charge in [0, 0.05) is 23.0 Å². The lowest BCUT2D eigenvalue weighted by Gasteiger charge is -2.23. The van der Waals surface area contributed by atoms with E-state index in [1.165, 1.54) is 0 Å². The molecular weight excluding hydrogens is 294 g/mol. The maximum absolute atomic E-state index is 12.4. The van der Waals surface area contributed by atoms with Crippen molar-refractivity contribution in [3.8, 4) is 0 Å². The van der Waals surface area contributed by atoms with Crippen LogP contribution in [-0.4, -0.2) is 33.5 Å². The van der Waals surface area contributed by atoms with Gasteiger partial charge in [-0.3, -0.25) is 4.79 Å². The number of carboxylic acids is 1. The third kappa shape index (κ3) is 2.70. The summed E-state index contributed by atoms with van der Waals surface area (Å²) in [5.41, 5.74) is 7.06. The second kappa shape index (κ2) is 5.70. The quantitative estimate of drug-likeness (QED) is 0.651. The van der Waals surface area contributed by atoms with Crippen molar-refractivity contribution in [2.75, 3.05) is 0 Å². The number of carbonyl (C=O) groups is 2. The van der Waals surface area contributed by atoms with Crippen molar-refractivity contribution in [3.05, 3.63) is 36.0 Å². The van der Waals surface area contributed by atoms with Crippen molar-refractivity contribution in [2.45, 2.75) is 43.7 Å². The molecule has 5 N–H and O–H groups in total. The molecule has 0 aliphatic heterocycles. The minimum atomic E-state index is -1.10. The fraction of sp³-hybridized carbons (Fsp3) is 0.412. The van der Waals surface area contributed by atoms with E-state index in [0.29, 0.717) is 19.3 Å². The maximum Gasteiger partial charge on any atom is 0.329 e. The highest BCUT2D eigenvalue weighted by Crippen LogP contribution is 2.36. The van der Waals surface area contributed by atoms with Crippen LogP contribution in [0, 0.1) is 0 Å². The Labute approximate surface area is 134 Å². The van der Waals surface area contributed by atoms with Crippen molar-refractivity contribution in [1.82, 2.24) is 10.3 Å². The third-order valence-electron chi connectivity index (χ3n) is 4.72. The van der Waals surface area contributed by atoms with E-state index in [1.54, 1.807) is 0 Å². The number of carbonyl (C=O) groups excluding carboxylic acids is 1. The van der Waals surface area contributed by atoms with Gasteiger partial charge in [0.2, 0.25) is 5.91 Å². The molecule has 122 valence electrons. The van der Waals surface area contributed by atoms with Crippen LogP contribution >= 0.6 is 0 Å². The summed E-state index contributed by atoms with van der Waals surface area (Å²) < 4.78 is 0. The first-order chi connectivity index (χ1) is 11.0. The third-order valence-corrected chi connectivity index (χ3v) is 4.72. The number of rotatable bonds is 6. The fourth-order valence-electron chi connectivity index (χ4n) is 3.09. The van der Waals surface area contributed by atoms with E-state index in [4.69, 9.17) is 5.73 Å². The van der Waals surface area contributed by atoms with Gasteiger partial charge in [-0.05, 0) is 30.9 Å². The predicted octanol–water partition coefficient (Wildman–Crippen LogP) is 1.72. The standard InChI is InChI=1S/C17H21N3O3/c1-2-10(12-9-19-13-6-4-3-5-11(12)13)14(18)15(21)20-17(7-8-17)16(22)23/h3-6,9-10,14,19H,2,7-8,18H2,1H3,(H,20,21)(H,22,23). The molecule has 23 heavy (non-hydrogen) atoms. The summed E-state index contributed by atoms with van der Waals surface area (Å²) in [6, 6.07) is 7.08. The molecule has 1 aromatic carbocycles. The zero-order chi connectivity index (χ0) is 16.6. The molecule has 3 rings (SSSR count). The number of aliphatic carboxylic acids is 1. The number of benzene rings is 1. The van der Waals surface area contributed by atoms with Crippen LogP contribution in [-0.2, 0) is 9.59 Å². The number of fused-ring (bicyclic) bond motifs is 1. The van der Waals surface area contributed by atoms with E-state index in [1.807, 2.05) is 37.4 Å². The minimum absolute atomic E-state index is 0.171. The van der Waals surface area contributed by atoms with Crippen LogP contribution in [0.3, 0.4) is 0 Å². The number of nitrogens with two attached hydrogens (primary N) is 1. The van der Waals surface area contributed by atoms with Gasteiger partial charge >= 0.3 is 5.97 Å². The zero-order valence-electron chi connectivity index (χ0n) is 13.0. The van der Waals surface area contributed by atoms with Crippen LogP contribution in [0.25, 0.3) is 10.9 Å². The molecule has 1 fully saturated rings.